The van der Waals surface area contributed by atoms with Crippen LogP contribution in [0.25, 0.3) is 0 Å². The van der Waals surface area contributed by atoms with Gasteiger partial charge in [0.2, 0.25) is 10.0 Å². The van der Waals surface area contributed by atoms with E-state index in [1.54, 1.807) is 6.07 Å². The molecule has 0 bridgehead atoms. The number of nitrogens with two attached hydrogens (primary N) is 1. The van der Waals surface area contributed by atoms with Gasteiger partial charge in [0.1, 0.15) is 4.90 Å². The van der Waals surface area contributed by atoms with Crippen molar-refractivity contribution in [2.75, 3.05) is 5.32 Å². The molecule has 0 aliphatic carbocycles. The summed E-state index contributed by atoms with van der Waals surface area (Å²) in [5.41, 5.74) is 0.142. The van der Waals surface area contributed by atoms with Gasteiger partial charge in [-0.05, 0) is 29.8 Å². The Morgan fingerprint density at radius 2 is 1.59 bits per heavy atom. The molecule has 0 amide bonds. The van der Waals surface area contributed by atoms with Gasteiger partial charge in [-0.3, -0.25) is 0 Å². The Kier molecular flexibility index (Phi) is 4.43. The average molecular weight is 330 g/mol. The van der Waals surface area contributed by atoms with Crippen LogP contribution in [0.4, 0.5) is 18.9 Å². The highest BCUT2D eigenvalue weighted by Crippen LogP contribution is 2.29. The lowest BCUT2D eigenvalue weighted by Gasteiger charge is -2.11. The lowest BCUT2D eigenvalue weighted by molar-refractivity contribution is -0.137. The molecule has 0 heterocycles. The van der Waals surface area contributed by atoms with Crippen molar-refractivity contribution in [3.8, 4) is 0 Å². The van der Waals surface area contributed by atoms with Gasteiger partial charge in [0.25, 0.3) is 0 Å². The summed E-state index contributed by atoms with van der Waals surface area (Å²) in [5, 5.41) is 7.96. The summed E-state index contributed by atoms with van der Waals surface area (Å²) in [5.74, 6) is 0. The summed E-state index contributed by atoms with van der Waals surface area (Å²) >= 11 is 0. The first-order valence-corrected chi connectivity index (χ1v) is 7.74. The molecule has 0 atom stereocenters. The number of halogens is 3. The molecule has 0 spiro atoms. The highest BCUT2D eigenvalue weighted by Gasteiger charge is 2.29. The third kappa shape index (κ3) is 3.99. The highest BCUT2D eigenvalue weighted by molar-refractivity contribution is 7.89. The summed E-state index contributed by atoms with van der Waals surface area (Å²) in [6, 6.07) is 10.6. The standard InChI is InChI=1S/C14H13F3N2O2S/c15-14(16,17)11-7-5-10(6-8-11)9-19-12-3-1-2-4-13(12)22(18,20)21/h1-8,19H,9H2,(H2,18,20,21). The normalized spacial score (nSPS) is 12.2. The third-order valence-electron chi connectivity index (χ3n) is 2.96. The summed E-state index contributed by atoms with van der Waals surface area (Å²) in [7, 11) is -3.88. The van der Waals surface area contributed by atoms with Gasteiger partial charge in [0.15, 0.2) is 0 Å². The van der Waals surface area contributed by atoms with E-state index >= 15 is 0 Å². The van der Waals surface area contributed by atoms with Crippen molar-refractivity contribution in [3.05, 3.63) is 59.7 Å². The zero-order chi connectivity index (χ0) is 16.4. The monoisotopic (exact) mass is 330 g/mol. The fraction of sp³-hybridized carbons (Fsp3) is 0.143. The molecule has 0 saturated heterocycles. The summed E-state index contributed by atoms with van der Waals surface area (Å²) in [6.07, 6.45) is -4.38. The van der Waals surface area contributed by atoms with Gasteiger partial charge in [0, 0.05) is 6.54 Å². The summed E-state index contributed by atoms with van der Waals surface area (Å²) in [6.45, 7) is 0.171. The second-order valence-electron chi connectivity index (χ2n) is 4.59. The molecule has 118 valence electrons. The van der Waals surface area contributed by atoms with Crippen LogP contribution in [0, 0.1) is 0 Å². The molecule has 22 heavy (non-hydrogen) atoms. The minimum atomic E-state index is -4.38. The van der Waals surface area contributed by atoms with Crippen molar-refractivity contribution in [3.63, 3.8) is 0 Å². The van der Waals surface area contributed by atoms with E-state index in [0.29, 0.717) is 11.3 Å². The number of para-hydroxylation sites is 1. The lowest BCUT2D eigenvalue weighted by atomic mass is 10.1. The maximum absolute atomic E-state index is 12.5. The van der Waals surface area contributed by atoms with Gasteiger partial charge >= 0.3 is 6.18 Å². The molecule has 0 aliphatic rings. The molecule has 0 unspecified atom stereocenters. The van der Waals surface area contributed by atoms with E-state index in [0.717, 1.165) is 12.1 Å². The molecular formula is C14H13F3N2O2S. The molecule has 0 saturated carbocycles. The number of primary sulfonamides is 1. The topological polar surface area (TPSA) is 72.2 Å². The molecule has 4 nitrogen and oxygen atoms in total. The van der Waals surface area contributed by atoms with Crippen LogP contribution >= 0.6 is 0 Å². The van der Waals surface area contributed by atoms with E-state index in [1.165, 1.54) is 30.3 Å². The molecule has 2 rings (SSSR count). The van der Waals surface area contributed by atoms with Crippen molar-refractivity contribution in [1.82, 2.24) is 0 Å². The van der Waals surface area contributed by atoms with Crippen LogP contribution in [0.5, 0.6) is 0 Å². The predicted octanol–water partition coefficient (Wildman–Crippen LogP) is 2.96. The zero-order valence-corrected chi connectivity index (χ0v) is 12.1. The molecule has 8 heteroatoms. The van der Waals surface area contributed by atoms with Gasteiger partial charge in [-0.25, -0.2) is 13.6 Å². The van der Waals surface area contributed by atoms with E-state index in [1.807, 2.05) is 0 Å². The molecule has 0 radical (unpaired) electrons. The van der Waals surface area contributed by atoms with Crippen LogP contribution < -0.4 is 10.5 Å². The summed E-state index contributed by atoms with van der Waals surface area (Å²) in [4.78, 5) is -0.0677. The first-order chi connectivity index (χ1) is 10.2. The van der Waals surface area contributed by atoms with E-state index in [2.05, 4.69) is 5.32 Å². The van der Waals surface area contributed by atoms with Crippen LogP contribution in [-0.4, -0.2) is 8.42 Å². The van der Waals surface area contributed by atoms with Crippen molar-refractivity contribution in [2.24, 2.45) is 5.14 Å². The number of alkyl halides is 3. The van der Waals surface area contributed by atoms with E-state index in [4.69, 9.17) is 5.14 Å². The SMILES string of the molecule is NS(=O)(=O)c1ccccc1NCc1ccc(C(F)(F)F)cc1. The second-order valence-corrected chi connectivity index (χ2v) is 6.12. The Hall–Kier alpha value is -2.06. The molecule has 2 aromatic carbocycles. The number of sulfonamides is 1. The molecule has 3 N–H and O–H groups in total. The molecular weight excluding hydrogens is 317 g/mol. The van der Waals surface area contributed by atoms with Gasteiger partial charge in [-0.1, -0.05) is 24.3 Å². The smallest absolute Gasteiger partial charge is 0.380 e. The quantitative estimate of drug-likeness (QED) is 0.905. The highest BCUT2D eigenvalue weighted by atomic mass is 32.2. The number of hydrogen-bond donors (Lipinski definition) is 2. The van der Waals surface area contributed by atoms with Gasteiger partial charge in [0.05, 0.1) is 11.3 Å². The lowest BCUT2D eigenvalue weighted by Crippen LogP contribution is -2.15. The minimum Gasteiger partial charge on any atom is -0.380 e. The number of anilines is 1. The Labute approximate surface area is 125 Å². The fourth-order valence-electron chi connectivity index (χ4n) is 1.87. The van der Waals surface area contributed by atoms with Crippen LogP contribution in [0.1, 0.15) is 11.1 Å². The van der Waals surface area contributed by atoms with Crippen molar-refractivity contribution < 1.29 is 21.6 Å². The molecule has 0 aromatic heterocycles. The summed E-state index contributed by atoms with van der Waals surface area (Å²) < 4.78 is 60.2. The van der Waals surface area contributed by atoms with Gasteiger partial charge in [-0.15, -0.1) is 0 Å². The fourth-order valence-corrected chi connectivity index (χ4v) is 2.58. The van der Waals surface area contributed by atoms with Gasteiger partial charge in [-0.2, -0.15) is 13.2 Å². The zero-order valence-electron chi connectivity index (χ0n) is 11.3. The number of rotatable bonds is 4. The maximum atomic E-state index is 12.5. The predicted molar refractivity (Wildman–Crippen MR) is 76.6 cm³/mol. The Morgan fingerprint density at radius 3 is 2.14 bits per heavy atom. The van der Waals surface area contributed by atoms with E-state index < -0.39 is 21.8 Å². The maximum Gasteiger partial charge on any atom is 0.416 e. The first-order valence-electron chi connectivity index (χ1n) is 6.20. The molecule has 0 fully saturated rings. The largest absolute Gasteiger partial charge is 0.416 e. The van der Waals surface area contributed by atoms with Crippen LogP contribution in [0.3, 0.4) is 0 Å². The van der Waals surface area contributed by atoms with Crippen LogP contribution in [-0.2, 0) is 22.7 Å². The van der Waals surface area contributed by atoms with Crippen LogP contribution in [0.15, 0.2) is 53.4 Å². The Balaban J connectivity index is 2.15. The number of nitrogens with one attached hydrogen (secondary N) is 1. The number of benzene rings is 2. The van der Waals surface area contributed by atoms with Crippen molar-refractivity contribution in [2.45, 2.75) is 17.6 Å². The molecule has 2 aromatic rings. The van der Waals surface area contributed by atoms with Gasteiger partial charge < -0.3 is 5.32 Å². The minimum absolute atomic E-state index is 0.0677. The third-order valence-corrected chi connectivity index (χ3v) is 3.93. The van der Waals surface area contributed by atoms with E-state index in [-0.39, 0.29) is 11.4 Å². The molecule has 0 aliphatic heterocycles. The van der Waals surface area contributed by atoms with Crippen molar-refractivity contribution >= 4 is 15.7 Å². The van der Waals surface area contributed by atoms with Crippen molar-refractivity contribution in [1.29, 1.82) is 0 Å². The first kappa shape index (κ1) is 16.3. The Bertz CT molecular complexity index is 756. The van der Waals surface area contributed by atoms with E-state index in [9.17, 15) is 21.6 Å². The van der Waals surface area contributed by atoms with Crippen LogP contribution in [0.2, 0.25) is 0 Å². The average Bonchev–Trinajstić information content (AvgIpc) is 2.44. The second kappa shape index (κ2) is 5.98. The Morgan fingerprint density at radius 1 is 1.00 bits per heavy atom. The number of hydrogen-bond acceptors (Lipinski definition) is 3.